The maximum Gasteiger partial charge on any atom is 0.334 e. The minimum atomic E-state index is -0.643. The molecule has 1 heterocycles. The molecule has 0 aromatic heterocycles. The summed E-state index contributed by atoms with van der Waals surface area (Å²) in [5.74, 6) is 0.0640. The van der Waals surface area contributed by atoms with E-state index in [-0.39, 0.29) is 24.3 Å². The van der Waals surface area contributed by atoms with Crippen molar-refractivity contribution in [3.05, 3.63) is 11.1 Å². The van der Waals surface area contributed by atoms with Crippen LogP contribution in [0.25, 0.3) is 0 Å². The lowest BCUT2D eigenvalue weighted by molar-refractivity contribution is -0.136. The Balaban J connectivity index is 2.11. The highest BCUT2D eigenvalue weighted by atomic mass is 16.5. The molecule has 1 fully saturated rings. The predicted octanol–water partition coefficient (Wildman–Crippen LogP) is 1.62. The Kier molecular flexibility index (Phi) is 3.57. The van der Waals surface area contributed by atoms with Gasteiger partial charge in [0.15, 0.2) is 0 Å². The summed E-state index contributed by atoms with van der Waals surface area (Å²) < 4.78 is 4.95. The van der Waals surface area contributed by atoms with Crippen LogP contribution in [0.5, 0.6) is 0 Å². The highest BCUT2D eigenvalue weighted by Crippen LogP contribution is 2.44. The van der Waals surface area contributed by atoms with Crippen molar-refractivity contribution in [1.82, 2.24) is 0 Å². The number of Topliss-reactive ketones (excluding diaryl/α,β-unsaturated/α-hetero) is 1. The zero-order chi connectivity index (χ0) is 13.3. The van der Waals surface area contributed by atoms with E-state index in [1.807, 2.05) is 13.8 Å². The van der Waals surface area contributed by atoms with Crippen molar-refractivity contribution >= 4 is 11.8 Å². The highest BCUT2D eigenvalue weighted by Gasteiger charge is 2.47. The van der Waals surface area contributed by atoms with Crippen molar-refractivity contribution in [2.75, 3.05) is 13.2 Å². The number of carbonyl (C=O) groups is 2. The summed E-state index contributed by atoms with van der Waals surface area (Å²) in [5, 5.41) is 9.61. The van der Waals surface area contributed by atoms with Crippen LogP contribution in [0.15, 0.2) is 11.1 Å². The van der Waals surface area contributed by atoms with Crippen LogP contribution in [0.3, 0.4) is 0 Å². The Morgan fingerprint density at radius 3 is 2.61 bits per heavy atom. The smallest absolute Gasteiger partial charge is 0.334 e. The second kappa shape index (κ2) is 4.84. The van der Waals surface area contributed by atoms with Crippen LogP contribution in [0, 0.1) is 11.3 Å². The van der Waals surface area contributed by atoms with Crippen LogP contribution < -0.4 is 0 Å². The normalized spacial score (nSPS) is 32.3. The number of aliphatic hydroxyl groups is 1. The summed E-state index contributed by atoms with van der Waals surface area (Å²) in [6, 6.07) is 0. The minimum absolute atomic E-state index is 0.117. The fourth-order valence-corrected chi connectivity index (χ4v) is 3.04. The molecule has 100 valence electrons. The van der Waals surface area contributed by atoms with E-state index in [1.54, 1.807) is 0 Å². The maximum absolute atomic E-state index is 12.0. The number of ketones is 1. The molecule has 4 nitrogen and oxygen atoms in total. The van der Waals surface area contributed by atoms with Gasteiger partial charge in [-0.1, -0.05) is 6.92 Å². The molecule has 1 aliphatic heterocycles. The molecule has 2 rings (SSSR count). The van der Waals surface area contributed by atoms with Gasteiger partial charge in [-0.05, 0) is 37.7 Å². The summed E-state index contributed by atoms with van der Waals surface area (Å²) >= 11 is 0. The van der Waals surface area contributed by atoms with E-state index in [0.717, 1.165) is 12.0 Å². The van der Waals surface area contributed by atoms with E-state index >= 15 is 0 Å². The average Bonchev–Trinajstić information content (AvgIpc) is 2.81. The molecule has 1 N–H and O–H groups in total. The molecule has 0 bridgehead atoms. The summed E-state index contributed by atoms with van der Waals surface area (Å²) in [5.41, 5.74) is 0.997. The zero-order valence-corrected chi connectivity index (χ0v) is 11.0. The van der Waals surface area contributed by atoms with Gasteiger partial charge in [-0.3, -0.25) is 4.79 Å². The van der Waals surface area contributed by atoms with Gasteiger partial charge in [0.25, 0.3) is 0 Å². The van der Waals surface area contributed by atoms with Crippen molar-refractivity contribution in [3.63, 3.8) is 0 Å². The van der Waals surface area contributed by atoms with Crippen molar-refractivity contribution in [1.29, 1.82) is 0 Å². The van der Waals surface area contributed by atoms with Crippen molar-refractivity contribution in [3.8, 4) is 0 Å². The van der Waals surface area contributed by atoms with Gasteiger partial charge in [0.2, 0.25) is 0 Å². The molecule has 2 aliphatic rings. The topological polar surface area (TPSA) is 63.6 Å². The lowest BCUT2D eigenvalue weighted by Crippen LogP contribution is -2.35. The van der Waals surface area contributed by atoms with Gasteiger partial charge >= 0.3 is 5.97 Å². The fraction of sp³-hybridized carbons (Fsp3) is 0.714. The number of esters is 1. The molecule has 0 aromatic carbocycles. The lowest BCUT2D eigenvalue weighted by atomic mass is 9.74. The van der Waals surface area contributed by atoms with Gasteiger partial charge in [-0.2, -0.15) is 0 Å². The van der Waals surface area contributed by atoms with Gasteiger partial charge in [0, 0.05) is 12.0 Å². The predicted molar refractivity (Wildman–Crippen MR) is 65.8 cm³/mol. The molecule has 1 aliphatic carbocycles. The van der Waals surface area contributed by atoms with Crippen molar-refractivity contribution in [2.24, 2.45) is 11.3 Å². The largest absolute Gasteiger partial charge is 0.458 e. The molecule has 1 saturated carbocycles. The number of hydrogen-bond acceptors (Lipinski definition) is 4. The Morgan fingerprint density at radius 2 is 2.17 bits per heavy atom. The van der Waals surface area contributed by atoms with Crippen molar-refractivity contribution < 1.29 is 19.4 Å². The van der Waals surface area contributed by atoms with Crippen LogP contribution in [-0.2, 0) is 14.3 Å². The quantitative estimate of drug-likeness (QED) is 0.772. The summed E-state index contributed by atoms with van der Waals surface area (Å²) in [7, 11) is 0. The van der Waals surface area contributed by atoms with E-state index in [0.29, 0.717) is 31.4 Å². The molecule has 4 heteroatoms. The summed E-state index contributed by atoms with van der Waals surface area (Å²) in [6.07, 6.45) is 2.46. The molecular formula is C14H20O4. The number of aliphatic hydroxyl groups excluding tert-OH is 1. The van der Waals surface area contributed by atoms with Crippen molar-refractivity contribution in [2.45, 2.75) is 39.5 Å². The number of carbonyl (C=O) groups excluding carboxylic acids is 2. The number of cyclic esters (lactones) is 1. The van der Waals surface area contributed by atoms with E-state index in [1.165, 1.54) is 0 Å². The van der Waals surface area contributed by atoms with Gasteiger partial charge in [0.1, 0.15) is 12.4 Å². The van der Waals surface area contributed by atoms with E-state index in [9.17, 15) is 14.7 Å². The van der Waals surface area contributed by atoms with Gasteiger partial charge in [-0.15, -0.1) is 0 Å². The molecule has 0 unspecified atom stereocenters. The second-order valence-electron chi connectivity index (χ2n) is 5.51. The van der Waals surface area contributed by atoms with E-state index < -0.39 is 5.41 Å². The third kappa shape index (κ3) is 1.99. The molecule has 0 radical (unpaired) electrons. The SMILES string of the molecule is CC1=C(CC[C@]2(CO)C(=O)CC[C@H]2C)C(=O)OC1. The number of rotatable bonds is 4. The Labute approximate surface area is 107 Å². The third-order valence-electron chi connectivity index (χ3n) is 4.59. The first-order chi connectivity index (χ1) is 8.51. The second-order valence-corrected chi connectivity index (χ2v) is 5.51. The summed E-state index contributed by atoms with van der Waals surface area (Å²) in [6.45, 7) is 4.14. The molecule has 0 aromatic rings. The molecule has 0 saturated heterocycles. The molecule has 18 heavy (non-hydrogen) atoms. The van der Waals surface area contributed by atoms with Crippen LogP contribution >= 0.6 is 0 Å². The molecule has 0 spiro atoms. The monoisotopic (exact) mass is 252 g/mol. The molecule has 2 atom stereocenters. The zero-order valence-electron chi connectivity index (χ0n) is 11.0. The Bertz CT molecular complexity index is 410. The van der Waals surface area contributed by atoms with Gasteiger partial charge in [-0.25, -0.2) is 4.79 Å². The highest BCUT2D eigenvalue weighted by molar-refractivity contribution is 5.92. The number of ether oxygens (including phenoxy) is 1. The lowest BCUT2D eigenvalue weighted by Gasteiger charge is -2.30. The fourth-order valence-electron chi connectivity index (χ4n) is 3.04. The van der Waals surface area contributed by atoms with E-state index in [2.05, 4.69) is 0 Å². The van der Waals surface area contributed by atoms with Gasteiger partial charge < -0.3 is 9.84 Å². The third-order valence-corrected chi connectivity index (χ3v) is 4.59. The maximum atomic E-state index is 12.0. The van der Waals surface area contributed by atoms with Gasteiger partial charge in [0.05, 0.1) is 12.0 Å². The molecular weight excluding hydrogens is 232 g/mol. The van der Waals surface area contributed by atoms with Crippen LogP contribution in [0.4, 0.5) is 0 Å². The van der Waals surface area contributed by atoms with Crippen LogP contribution in [0.1, 0.15) is 39.5 Å². The van der Waals surface area contributed by atoms with E-state index in [4.69, 9.17) is 4.74 Å². The standard InChI is InChI=1S/C14H20O4/c1-9-7-18-13(17)11(9)5-6-14(8-15)10(2)3-4-12(14)16/h10,15H,3-8H2,1-2H3/t10-,14-/m1/s1. The van der Waals surface area contributed by atoms with Crippen LogP contribution in [-0.4, -0.2) is 30.1 Å². The van der Waals surface area contributed by atoms with Crippen LogP contribution in [0.2, 0.25) is 0 Å². The Hall–Kier alpha value is -1.16. The minimum Gasteiger partial charge on any atom is -0.458 e. The Morgan fingerprint density at radius 1 is 1.44 bits per heavy atom. The first-order valence-corrected chi connectivity index (χ1v) is 6.51. The first kappa shape index (κ1) is 13.3. The number of hydrogen-bond donors (Lipinski definition) is 1. The molecule has 0 amide bonds. The summed E-state index contributed by atoms with van der Waals surface area (Å²) in [4.78, 5) is 23.5. The first-order valence-electron chi connectivity index (χ1n) is 6.51. The average molecular weight is 252 g/mol.